The molecular weight excluding hydrogens is 292 g/mol. The topological polar surface area (TPSA) is 26.0 Å². The molecule has 0 fully saturated rings. The van der Waals surface area contributed by atoms with Crippen molar-refractivity contribution in [2.45, 2.75) is 26.2 Å². The summed E-state index contributed by atoms with van der Waals surface area (Å²) in [4.78, 5) is 0. The molecule has 1 nitrogen and oxygen atoms in total. The van der Waals surface area contributed by atoms with Crippen LogP contribution in [0.5, 0.6) is 0 Å². The maximum Gasteiger partial charge on any atom is 0.127 e. The van der Waals surface area contributed by atoms with Gasteiger partial charge < -0.3 is 5.73 Å². The molecule has 1 atom stereocenters. The number of hydrogen-bond donors (Lipinski definition) is 1. The lowest BCUT2D eigenvalue weighted by atomic mass is 9.98. The van der Waals surface area contributed by atoms with E-state index in [9.17, 15) is 4.39 Å². The minimum Gasteiger partial charge on any atom is -0.330 e. The van der Waals surface area contributed by atoms with Gasteiger partial charge in [-0.2, -0.15) is 0 Å². The highest BCUT2D eigenvalue weighted by molar-refractivity contribution is 9.10. The van der Waals surface area contributed by atoms with E-state index in [2.05, 4.69) is 22.9 Å². The molecule has 1 aromatic rings. The Labute approximate surface area is 109 Å². The van der Waals surface area contributed by atoms with E-state index >= 15 is 0 Å². The molecule has 0 spiro atoms. The first-order valence-corrected chi connectivity index (χ1v) is 6.55. The second kappa shape index (κ2) is 6.58. The zero-order valence-electron chi connectivity index (χ0n) is 9.27. The largest absolute Gasteiger partial charge is 0.330 e. The fourth-order valence-electron chi connectivity index (χ4n) is 1.59. The van der Waals surface area contributed by atoms with E-state index in [1.807, 2.05) is 0 Å². The Morgan fingerprint density at radius 1 is 1.44 bits per heavy atom. The molecule has 0 aromatic heterocycles. The zero-order chi connectivity index (χ0) is 12.1. The first kappa shape index (κ1) is 13.9. The Balaban J connectivity index is 2.63. The molecule has 0 bridgehead atoms. The fourth-order valence-corrected chi connectivity index (χ4v) is 2.09. The molecule has 4 heteroatoms. The fraction of sp³-hybridized carbons (Fsp3) is 0.500. The van der Waals surface area contributed by atoms with Crippen LogP contribution in [0, 0.1) is 11.7 Å². The van der Waals surface area contributed by atoms with Crippen LogP contribution in [0.1, 0.15) is 25.3 Å². The van der Waals surface area contributed by atoms with Crippen LogP contribution in [0.3, 0.4) is 0 Å². The predicted octanol–water partition coefficient (Wildman–Crippen LogP) is 4.16. The summed E-state index contributed by atoms with van der Waals surface area (Å²) in [5, 5.41) is 0.558. The summed E-state index contributed by atoms with van der Waals surface area (Å²) in [6.45, 7) is 2.82. The van der Waals surface area contributed by atoms with Gasteiger partial charge in [0.1, 0.15) is 5.82 Å². The van der Waals surface area contributed by atoms with E-state index in [0.717, 1.165) is 12.8 Å². The molecule has 0 aliphatic rings. The standard InChI is InChI=1S/C12H16BrClFN/c1-8(4-5-16)2-3-9-6-11(14)10(13)7-12(9)15/h6-8H,2-5,16H2,1H3. The molecule has 0 saturated carbocycles. The summed E-state index contributed by atoms with van der Waals surface area (Å²) in [5.41, 5.74) is 6.15. The summed E-state index contributed by atoms with van der Waals surface area (Å²) in [5.74, 6) is 0.322. The van der Waals surface area contributed by atoms with Crippen LogP contribution in [0.4, 0.5) is 4.39 Å². The van der Waals surface area contributed by atoms with Gasteiger partial charge in [-0.05, 0) is 65.4 Å². The normalized spacial score (nSPS) is 12.8. The molecule has 0 amide bonds. The number of halogens is 3. The first-order valence-electron chi connectivity index (χ1n) is 5.38. The van der Waals surface area contributed by atoms with Crippen molar-refractivity contribution < 1.29 is 4.39 Å². The summed E-state index contributed by atoms with van der Waals surface area (Å²) >= 11 is 9.13. The maximum atomic E-state index is 13.6. The van der Waals surface area contributed by atoms with Crippen LogP contribution in [0.25, 0.3) is 0 Å². The molecule has 0 aliphatic heterocycles. The van der Waals surface area contributed by atoms with Gasteiger partial charge in [0.15, 0.2) is 0 Å². The molecule has 16 heavy (non-hydrogen) atoms. The smallest absolute Gasteiger partial charge is 0.127 e. The average Bonchev–Trinajstić information content (AvgIpc) is 2.22. The highest BCUT2D eigenvalue weighted by Gasteiger charge is 2.09. The van der Waals surface area contributed by atoms with Crippen LogP contribution in [0.2, 0.25) is 5.02 Å². The Bertz CT molecular complexity index is 357. The van der Waals surface area contributed by atoms with Crippen molar-refractivity contribution in [3.63, 3.8) is 0 Å². The molecule has 0 heterocycles. The lowest BCUT2D eigenvalue weighted by molar-refractivity contribution is 0.491. The minimum atomic E-state index is -0.198. The van der Waals surface area contributed by atoms with Crippen molar-refractivity contribution in [1.82, 2.24) is 0 Å². The Morgan fingerprint density at radius 2 is 2.12 bits per heavy atom. The molecule has 2 N–H and O–H groups in total. The SMILES string of the molecule is CC(CCN)CCc1cc(Cl)c(Br)cc1F. The van der Waals surface area contributed by atoms with Gasteiger partial charge in [0, 0.05) is 4.47 Å². The third-order valence-corrected chi connectivity index (χ3v) is 3.85. The van der Waals surface area contributed by atoms with Gasteiger partial charge in [-0.15, -0.1) is 0 Å². The van der Waals surface area contributed by atoms with Crippen molar-refractivity contribution >= 4 is 27.5 Å². The quantitative estimate of drug-likeness (QED) is 0.812. The van der Waals surface area contributed by atoms with E-state index in [0.29, 0.717) is 33.9 Å². The number of benzene rings is 1. The number of nitrogens with two attached hydrogens (primary N) is 1. The van der Waals surface area contributed by atoms with Crippen LogP contribution < -0.4 is 5.73 Å². The Morgan fingerprint density at radius 3 is 2.75 bits per heavy atom. The van der Waals surface area contributed by atoms with E-state index in [1.54, 1.807) is 6.07 Å². The average molecular weight is 309 g/mol. The molecule has 0 aliphatic carbocycles. The summed E-state index contributed by atoms with van der Waals surface area (Å²) < 4.78 is 14.2. The molecule has 1 unspecified atom stereocenters. The van der Waals surface area contributed by atoms with Crippen LogP contribution in [-0.2, 0) is 6.42 Å². The third-order valence-electron chi connectivity index (χ3n) is 2.66. The number of aryl methyl sites for hydroxylation is 1. The highest BCUT2D eigenvalue weighted by atomic mass is 79.9. The van der Waals surface area contributed by atoms with Crippen molar-refractivity contribution in [1.29, 1.82) is 0 Å². The van der Waals surface area contributed by atoms with Gasteiger partial charge in [0.05, 0.1) is 5.02 Å². The Hall–Kier alpha value is -0.120. The second-order valence-electron chi connectivity index (χ2n) is 4.08. The van der Waals surface area contributed by atoms with Gasteiger partial charge in [-0.1, -0.05) is 18.5 Å². The lowest BCUT2D eigenvalue weighted by Gasteiger charge is -2.10. The Kier molecular flexibility index (Phi) is 5.73. The number of rotatable bonds is 5. The summed E-state index contributed by atoms with van der Waals surface area (Å²) in [6, 6.07) is 3.11. The van der Waals surface area contributed by atoms with E-state index in [1.165, 1.54) is 6.07 Å². The summed E-state index contributed by atoms with van der Waals surface area (Å²) in [6.07, 6.45) is 2.62. The van der Waals surface area contributed by atoms with Gasteiger partial charge in [0.25, 0.3) is 0 Å². The molecule has 90 valence electrons. The predicted molar refractivity (Wildman–Crippen MR) is 70.3 cm³/mol. The van der Waals surface area contributed by atoms with E-state index in [4.69, 9.17) is 17.3 Å². The lowest BCUT2D eigenvalue weighted by Crippen LogP contribution is -2.07. The molecule has 0 radical (unpaired) electrons. The first-order chi connectivity index (χ1) is 7.54. The second-order valence-corrected chi connectivity index (χ2v) is 5.34. The maximum absolute atomic E-state index is 13.6. The number of hydrogen-bond acceptors (Lipinski definition) is 1. The van der Waals surface area contributed by atoms with Gasteiger partial charge >= 0.3 is 0 Å². The monoisotopic (exact) mass is 307 g/mol. The van der Waals surface area contributed by atoms with Gasteiger partial charge in [-0.3, -0.25) is 0 Å². The van der Waals surface area contributed by atoms with Crippen LogP contribution in [0.15, 0.2) is 16.6 Å². The molecule has 1 rings (SSSR count). The van der Waals surface area contributed by atoms with Crippen molar-refractivity contribution in [3.8, 4) is 0 Å². The minimum absolute atomic E-state index is 0.198. The van der Waals surface area contributed by atoms with Crippen molar-refractivity contribution in [2.75, 3.05) is 6.54 Å². The molecule has 1 aromatic carbocycles. The van der Waals surface area contributed by atoms with E-state index in [-0.39, 0.29) is 5.82 Å². The highest BCUT2D eigenvalue weighted by Crippen LogP contribution is 2.27. The van der Waals surface area contributed by atoms with Crippen LogP contribution >= 0.6 is 27.5 Å². The van der Waals surface area contributed by atoms with Crippen molar-refractivity contribution in [3.05, 3.63) is 33.0 Å². The third kappa shape index (κ3) is 4.04. The van der Waals surface area contributed by atoms with E-state index < -0.39 is 0 Å². The molecular formula is C12H16BrClFN. The zero-order valence-corrected chi connectivity index (χ0v) is 11.6. The van der Waals surface area contributed by atoms with Gasteiger partial charge in [-0.25, -0.2) is 4.39 Å². The van der Waals surface area contributed by atoms with Crippen molar-refractivity contribution in [2.24, 2.45) is 11.7 Å². The van der Waals surface area contributed by atoms with Crippen LogP contribution in [-0.4, -0.2) is 6.54 Å². The molecule has 0 saturated heterocycles. The van der Waals surface area contributed by atoms with Gasteiger partial charge in [0.2, 0.25) is 0 Å². The summed E-state index contributed by atoms with van der Waals surface area (Å²) in [7, 11) is 0.